The number of benzene rings is 1. The molecule has 0 bridgehead atoms. The van der Waals surface area contributed by atoms with Crippen molar-refractivity contribution in [1.29, 1.82) is 0 Å². The Bertz CT molecular complexity index is 630. The number of hydrogen-bond acceptors (Lipinski definition) is 3. The molecule has 2 aliphatic heterocycles. The van der Waals surface area contributed by atoms with E-state index in [0.29, 0.717) is 13.1 Å². The van der Waals surface area contributed by atoms with Crippen LogP contribution in [0.25, 0.3) is 0 Å². The maximum Gasteiger partial charge on any atom is 0.322 e. The molecule has 5 heteroatoms. The summed E-state index contributed by atoms with van der Waals surface area (Å²) in [4.78, 5) is 17.1. The van der Waals surface area contributed by atoms with Crippen LogP contribution in [0.2, 0.25) is 0 Å². The second-order valence-corrected chi connectivity index (χ2v) is 7.92. The number of β-amino-alcohol motifs (C(OH)–C–C–N with tert-alkyl or cyclic N) is 1. The third-order valence-corrected chi connectivity index (χ3v) is 6.17. The number of aryl methyl sites for hydroxylation is 3. The fraction of sp³-hybridized carbons (Fsp3) is 0.682. The monoisotopic (exact) mass is 373 g/mol. The van der Waals surface area contributed by atoms with E-state index < -0.39 is 6.10 Å². The van der Waals surface area contributed by atoms with Crippen LogP contribution in [0.4, 0.5) is 10.5 Å². The van der Waals surface area contributed by atoms with Crippen molar-refractivity contribution in [2.45, 2.75) is 71.4 Å². The number of anilines is 1. The second-order valence-electron chi connectivity index (χ2n) is 7.92. The lowest BCUT2D eigenvalue weighted by atomic mass is 9.98. The van der Waals surface area contributed by atoms with Gasteiger partial charge in [-0.15, -0.1) is 0 Å². The minimum Gasteiger partial charge on any atom is -0.390 e. The van der Waals surface area contributed by atoms with Crippen molar-refractivity contribution in [3.63, 3.8) is 0 Å². The summed E-state index contributed by atoms with van der Waals surface area (Å²) in [6, 6.07) is 4.42. The summed E-state index contributed by atoms with van der Waals surface area (Å²) >= 11 is 0. The summed E-state index contributed by atoms with van der Waals surface area (Å²) < 4.78 is 0. The Morgan fingerprint density at radius 2 is 1.67 bits per heavy atom. The predicted octanol–water partition coefficient (Wildman–Crippen LogP) is 3.44. The average molecular weight is 374 g/mol. The first-order valence-electron chi connectivity index (χ1n) is 10.7. The van der Waals surface area contributed by atoms with Crippen LogP contribution in [0, 0.1) is 0 Å². The van der Waals surface area contributed by atoms with E-state index >= 15 is 0 Å². The quantitative estimate of drug-likeness (QED) is 0.831. The van der Waals surface area contributed by atoms with Crippen LogP contribution >= 0.6 is 0 Å². The van der Waals surface area contributed by atoms with Crippen LogP contribution in [0.1, 0.15) is 56.7 Å². The summed E-state index contributed by atoms with van der Waals surface area (Å²) in [5, 5.41) is 13.7. The molecule has 150 valence electrons. The van der Waals surface area contributed by atoms with Gasteiger partial charge < -0.3 is 15.3 Å². The summed E-state index contributed by atoms with van der Waals surface area (Å²) in [5.41, 5.74) is 4.69. The Labute approximate surface area is 163 Å². The molecular weight excluding hydrogens is 338 g/mol. The van der Waals surface area contributed by atoms with Crippen LogP contribution in [-0.4, -0.2) is 59.3 Å². The minimum absolute atomic E-state index is 0.0785. The van der Waals surface area contributed by atoms with Gasteiger partial charge in [0.15, 0.2) is 0 Å². The molecule has 27 heavy (non-hydrogen) atoms. The lowest BCUT2D eigenvalue weighted by Gasteiger charge is -2.33. The number of likely N-dealkylation sites (tertiary alicyclic amines) is 2. The largest absolute Gasteiger partial charge is 0.390 e. The van der Waals surface area contributed by atoms with Gasteiger partial charge in [0.25, 0.3) is 0 Å². The fourth-order valence-electron chi connectivity index (χ4n) is 4.49. The molecule has 0 radical (unpaired) electrons. The van der Waals surface area contributed by atoms with E-state index in [1.165, 1.54) is 36.0 Å². The highest BCUT2D eigenvalue weighted by Gasteiger charge is 2.38. The zero-order valence-electron chi connectivity index (χ0n) is 17.1. The number of piperidine rings is 1. The lowest BCUT2D eigenvalue weighted by Crippen LogP contribution is -2.46. The fourth-order valence-corrected chi connectivity index (χ4v) is 4.49. The third kappa shape index (κ3) is 4.46. The summed E-state index contributed by atoms with van der Waals surface area (Å²) in [5.74, 6) is 0. The number of amides is 2. The Hall–Kier alpha value is -1.59. The molecule has 0 aliphatic carbocycles. The van der Waals surface area contributed by atoms with Crippen molar-refractivity contribution in [3.05, 3.63) is 28.8 Å². The molecule has 0 saturated carbocycles. The van der Waals surface area contributed by atoms with Crippen molar-refractivity contribution in [3.8, 4) is 0 Å². The zero-order chi connectivity index (χ0) is 19.4. The van der Waals surface area contributed by atoms with Gasteiger partial charge in [0.2, 0.25) is 0 Å². The molecule has 0 aromatic heterocycles. The standard InChI is InChI=1S/C22H35N3O2/c1-4-16-12-17(5-2)21(18(6-3)13-16)23-22(27)25-14-19(20(26)15-25)24-10-8-7-9-11-24/h12-13,19-20,26H,4-11,14-15H2,1-3H3,(H,23,27)/t19-,20-/m0/s1. The number of hydrogen-bond donors (Lipinski definition) is 2. The van der Waals surface area contributed by atoms with Gasteiger partial charge in [-0.3, -0.25) is 4.90 Å². The van der Waals surface area contributed by atoms with Gasteiger partial charge >= 0.3 is 6.03 Å². The summed E-state index contributed by atoms with van der Waals surface area (Å²) in [7, 11) is 0. The molecule has 5 nitrogen and oxygen atoms in total. The minimum atomic E-state index is -0.451. The van der Waals surface area contributed by atoms with E-state index in [9.17, 15) is 9.90 Å². The van der Waals surface area contributed by atoms with Gasteiger partial charge in [0, 0.05) is 12.2 Å². The molecular formula is C22H35N3O2. The van der Waals surface area contributed by atoms with E-state index in [0.717, 1.165) is 38.0 Å². The number of aliphatic hydroxyl groups excluding tert-OH is 1. The Balaban J connectivity index is 1.72. The highest BCUT2D eigenvalue weighted by atomic mass is 16.3. The Morgan fingerprint density at radius 3 is 2.22 bits per heavy atom. The molecule has 2 N–H and O–H groups in total. The SMILES string of the molecule is CCc1cc(CC)c(NC(=O)N2C[C@H](O)[C@@H](N3CCCCC3)C2)c(CC)c1. The highest BCUT2D eigenvalue weighted by molar-refractivity contribution is 5.91. The van der Waals surface area contributed by atoms with Gasteiger partial charge in [-0.1, -0.05) is 39.3 Å². The summed E-state index contributed by atoms with van der Waals surface area (Å²) in [6.45, 7) is 9.54. The molecule has 1 aromatic carbocycles. The molecule has 2 fully saturated rings. The number of rotatable bonds is 5. The van der Waals surface area contributed by atoms with Crippen LogP contribution < -0.4 is 5.32 Å². The number of carbonyl (C=O) groups is 1. The van der Waals surface area contributed by atoms with E-state index in [-0.39, 0.29) is 12.1 Å². The van der Waals surface area contributed by atoms with E-state index in [1.807, 2.05) is 0 Å². The first kappa shape index (κ1) is 20.2. The molecule has 1 aromatic rings. The molecule has 0 spiro atoms. The van der Waals surface area contributed by atoms with Gasteiger partial charge in [0.1, 0.15) is 0 Å². The van der Waals surface area contributed by atoms with Crippen LogP contribution in [0.15, 0.2) is 12.1 Å². The van der Waals surface area contributed by atoms with Gasteiger partial charge in [-0.2, -0.15) is 0 Å². The van der Waals surface area contributed by atoms with Crippen molar-refractivity contribution in [1.82, 2.24) is 9.80 Å². The molecule has 2 saturated heterocycles. The van der Waals surface area contributed by atoms with E-state index in [4.69, 9.17) is 0 Å². The van der Waals surface area contributed by atoms with Gasteiger partial charge in [0.05, 0.1) is 18.7 Å². The predicted molar refractivity (Wildman–Crippen MR) is 110 cm³/mol. The average Bonchev–Trinajstić information content (AvgIpc) is 3.10. The first-order chi connectivity index (χ1) is 13.1. The normalized spacial score (nSPS) is 23.6. The first-order valence-corrected chi connectivity index (χ1v) is 10.7. The Morgan fingerprint density at radius 1 is 1.04 bits per heavy atom. The van der Waals surface area contributed by atoms with Gasteiger partial charge in [-0.05, 0) is 61.9 Å². The van der Waals surface area contributed by atoms with Gasteiger partial charge in [-0.25, -0.2) is 4.79 Å². The number of carbonyl (C=O) groups excluding carboxylic acids is 1. The molecule has 0 unspecified atom stereocenters. The van der Waals surface area contributed by atoms with Crippen molar-refractivity contribution in [2.24, 2.45) is 0 Å². The smallest absolute Gasteiger partial charge is 0.322 e. The molecule has 2 heterocycles. The van der Waals surface area contributed by atoms with Crippen LogP contribution in [-0.2, 0) is 19.3 Å². The highest BCUT2D eigenvalue weighted by Crippen LogP contribution is 2.27. The second kappa shape index (κ2) is 9.07. The maximum absolute atomic E-state index is 13.0. The van der Waals surface area contributed by atoms with Crippen LogP contribution in [0.5, 0.6) is 0 Å². The molecule has 2 amide bonds. The van der Waals surface area contributed by atoms with E-state index in [2.05, 4.69) is 43.1 Å². The molecule has 3 rings (SSSR count). The topological polar surface area (TPSA) is 55.8 Å². The van der Waals surface area contributed by atoms with Crippen molar-refractivity contribution < 1.29 is 9.90 Å². The number of aliphatic hydroxyl groups is 1. The zero-order valence-corrected chi connectivity index (χ0v) is 17.1. The maximum atomic E-state index is 13.0. The third-order valence-electron chi connectivity index (χ3n) is 6.17. The number of nitrogens with one attached hydrogen (secondary N) is 1. The number of nitrogens with zero attached hydrogens (tertiary/aromatic N) is 2. The van der Waals surface area contributed by atoms with Crippen molar-refractivity contribution >= 4 is 11.7 Å². The summed E-state index contributed by atoms with van der Waals surface area (Å²) in [6.07, 6.45) is 6.01. The van der Waals surface area contributed by atoms with Crippen LogP contribution in [0.3, 0.4) is 0 Å². The Kier molecular flexibility index (Phi) is 6.77. The molecule has 2 aliphatic rings. The van der Waals surface area contributed by atoms with E-state index in [1.54, 1.807) is 4.90 Å². The van der Waals surface area contributed by atoms with Crippen molar-refractivity contribution in [2.75, 3.05) is 31.5 Å². The number of urea groups is 1. The lowest BCUT2D eigenvalue weighted by molar-refractivity contribution is 0.0706. The molecule has 2 atom stereocenters.